The van der Waals surface area contributed by atoms with Gasteiger partial charge in [-0.05, 0) is 36.5 Å². The third-order valence-corrected chi connectivity index (χ3v) is 2.91. The zero-order chi connectivity index (χ0) is 12.4. The highest BCUT2D eigenvalue weighted by Crippen LogP contribution is 2.08. The molecule has 1 N–H and O–H groups in total. The van der Waals surface area contributed by atoms with Gasteiger partial charge < -0.3 is 0 Å². The van der Waals surface area contributed by atoms with E-state index in [2.05, 4.69) is 16.6 Å². The van der Waals surface area contributed by atoms with E-state index < -0.39 is 0 Å². The minimum atomic E-state index is 0.599. The molecule has 0 fully saturated rings. The SMILES string of the molecule is CN1N=C(c2ccc(C#N)cc2)NN(C)C1=S. The van der Waals surface area contributed by atoms with E-state index in [4.69, 9.17) is 17.5 Å². The third-order valence-electron chi connectivity index (χ3n) is 2.37. The Bertz CT molecular complexity index is 514. The second-order valence-electron chi connectivity index (χ2n) is 3.61. The molecule has 0 radical (unpaired) electrons. The molecule has 0 spiro atoms. The Labute approximate surface area is 105 Å². The van der Waals surface area contributed by atoms with E-state index in [0.29, 0.717) is 16.5 Å². The standard InChI is InChI=1S/C11H11N5S/c1-15-11(17)16(2)14-10(13-15)9-5-3-8(7-12)4-6-9/h3-6H,1-2H3,(H,13,14). The molecule has 0 saturated carbocycles. The normalized spacial score (nSPS) is 15.1. The molecule has 0 bridgehead atoms. The van der Waals surface area contributed by atoms with Crippen molar-refractivity contribution in [1.29, 1.82) is 5.26 Å². The second kappa shape index (κ2) is 4.39. The van der Waals surface area contributed by atoms with Gasteiger partial charge in [0.25, 0.3) is 0 Å². The molecule has 0 aromatic heterocycles. The molecule has 0 aliphatic carbocycles. The maximum absolute atomic E-state index is 8.73. The van der Waals surface area contributed by atoms with E-state index in [9.17, 15) is 0 Å². The van der Waals surface area contributed by atoms with Crippen LogP contribution in [0.4, 0.5) is 0 Å². The first kappa shape index (κ1) is 11.4. The van der Waals surface area contributed by atoms with E-state index in [1.54, 1.807) is 29.2 Å². The van der Waals surface area contributed by atoms with Gasteiger partial charge in [0.15, 0.2) is 5.84 Å². The van der Waals surface area contributed by atoms with E-state index in [0.717, 1.165) is 5.56 Å². The number of hydrazone groups is 1. The first-order valence-corrected chi connectivity index (χ1v) is 5.40. The molecule has 2 rings (SSSR count). The predicted octanol–water partition coefficient (Wildman–Crippen LogP) is 0.887. The minimum absolute atomic E-state index is 0.599. The summed E-state index contributed by atoms with van der Waals surface area (Å²) in [5.41, 5.74) is 4.60. The topological polar surface area (TPSA) is 54.7 Å². The molecule has 0 amide bonds. The molecule has 1 aliphatic heterocycles. The van der Waals surface area contributed by atoms with Gasteiger partial charge >= 0.3 is 0 Å². The fraction of sp³-hybridized carbons (Fsp3) is 0.182. The molecule has 5 nitrogen and oxygen atoms in total. The van der Waals surface area contributed by atoms with Crippen LogP contribution < -0.4 is 5.43 Å². The van der Waals surface area contributed by atoms with Gasteiger partial charge in [0.2, 0.25) is 5.11 Å². The van der Waals surface area contributed by atoms with Crippen LogP contribution >= 0.6 is 12.2 Å². The average Bonchev–Trinajstić information content (AvgIpc) is 2.35. The molecule has 1 aromatic rings. The smallest absolute Gasteiger partial charge is 0.210 e. The van der Waals surface area contributed by atoms with Gasteiger partial charge in [0.1, 0.15) is 0 Å². The predicted molar refractivity (Wildman–Crippen MR) is 69.0 cm³/mol. The average molecular weight is 245 g/mol. The Morgan fingerprint density at radius 3 is 2.47 bits per heavy atom. The number of nitriles is 1. The van der Waals surface area contributed by atoms with Crippen molar-refractivity contribution in [2.45, 2.75) is 0 Å². The molecule has 0 atom stereocenters. The number of thiocarbonyl (C=S) groups is 1. The molecule has 17 heavy (non-hydrogen) atoms. The van der Waals surface area contributed by atoms with Crippen molar-refractivity contribution in [3.8, 4) is 6.07 Å². The highest BCUT2D eigenvalue weighted by Gasteiger charge is 2.18. The number of amidine groups is 1. The van der Waals surface area contributed by atoms with E-state index in [1.807, 2.05) is 19.2 Å². The number of nitrogens with one attached hydrogen (secondary N) is 1. The van der Waals surface area contributed by atoms with Crippen LogP contribution in [0.3, 0.4) is 0 Å². The van der Waals surface area contributed by atoms with Crippen molar-refractivity contribution in [3.05, 3.63) is 35.4 Å². The van der Waals surface area contributed by atoms with Crippen molar-refractivity contribution < 1.29 is 0 Å². The van der Waals surface area contributed by atoms with Crippen molar-refractivity contribution in [3.63, 3.8) is 0 Å². The molecule has 1 aromatic carbocycles. The molecule has 0 saturated heterocycles. The van der Waals surface area contributed by atoms with Crippen LogP contribution in [0.15, 0.2) is 29.4 Å². The monoisotopic (exact) mass is 245 g/mol. The first-order chi connectivity index (χ1) is 8.11. The Morgan fingerprint density at radius 1 is 1.29 bits per heavy atom. The van der Waals surface area contributed by atoms with Gasteiger partial charge in [0, 0.05) is 19.7 Å². The number of benzene rings is 1. The van der Waals surface area contributed by atoms with Crippen LogP contribution in [-0.2, 0) is 0 Å². The van der Waals surface area contributed by atoms with Crippen LogP contribution in [0.5, 0.6) is 0 Å². The number of nitrogens with zero attached hydrogens (tertiary/aromatic N) is 4. The summed E-state index contributed by atoms with van der Waals surface area (Å²) >= 11 is 5.13. The van der Waals surface area contributed by atoms with Gasteiger partial charge in [-0.1, -0.05) is 0 Å². The summed E-state index contributed by atoms with van der Waals surface area (Å²) in [7, 11) is 3.63. The molecule has 1 aliphatic rings. The zero-order valence-corrected chi connectivity index (χ0v) is 10.3. The van der Waals surface area contributed by atoms with Crippen LogP contribution in [0, 0.1) is 11.3 Å². The molecular weight excluding hydrogens is 234 g/mol. The summed E-state index contributed by atoms with van der Waals surface area (Å²) in [5.74, 6) is 0.702. The Hall–Kier alpha value is -2.13. The van der Waals surface area contributed by atoms with Gasteiger partial charge in [-0.2, -0.15) is 10.4 Å². The lowest BCUT2D eigenvalue weighted by molar-refractivity contribution is 0.352. The van der Waals surface area contributed by atoms with E-state index in [-0.39, 0.29) is 0 Å². The highest BCUT2D eigenvalue weighted by molar-refractivity contribution is 7.80. The Balaban J connectivity index is 2.31. The fourth-order valence-electron chi connectivity index (χ4n) is 1.46. The van der Waals surface area contributed by atoms with Gasteiger partial charge in [0.05, 0.1) is 11.6 Å². The van der Waals surface area contributed by atoms with Gasteiger partial charge in [-0.25, -0.2) is 5.01 Å². The van der Waals surface area contributed by atoms with Crippen molar-refractivity contribution in [2.75, 3.05) is 14.1 Å². The van der Waals surface area contributed by atoms with Crippen molar-refractivity contribution in [1.82, 2.24) is 15.4 Å². The van der Waals surface area contributed by atoms with Crippen LogP contribution in [0.25, 0.3) is 0 Å². The summed E-state index contributed by atoms with van der Waals surface area (Å²) in [6.07, 6.45) is 0. The maximum Gasteiger partial charge on any atom is 0.210 e. The summed E-state index contributed by atoms with van der Waals surface area (Å²) in [6, 6.07) is 9.29. The summed E-state index contributed by atoms with van der Waals surface area (Å²) in [4.78, 5) is 0. The molecule has 1 heterocycles. The summed E-state index contributed by atoms with van der Waals surface area (Å²) in [6.45, 7) is 0. The van der Waals surface area contributed by atoms with Crippen LogP contribution in [-0.4, -0.2) is 35.1 Å². The Kier molecular flexibility index (Phi) is 2.93. The van der Waals surface area contributed by atoms with Crippen LogP contribution in [0.1, 0.15) is 11.1 Å². The van der Waals surface area contributed by atoms with Gasteiger partial charge in [-0.15, -0.1) is 0 Å². The molecule has 0 unspecified atom stereocenters. The molecule has 86 valence electrons. The molecular formula is C11H11N5S. The van der Waals surface area contributed by atoms with E-state index >= 15 is 0 Å². The lowest BCUT2D eigenvalue weighted by Gasteiger charge is -2.32. The first-order valence-electron chi connectivity index (χ1n) is 4.99. The van der Waals surface area contributed by atoms with Crippen LogP contribution in [0.2, 0.25) is 0 Å². The quantitative estimate of drug-likeness (QED) is 0.745. The van der Waals surface area contributed by atoms with Crippen molar-refractivity contribution >= 4 is 23.2 Å². The maximum atomic E-state index is 8.73. The second-order valence-corrected chi connectivity index (χ2v) is 3.98. The summed E-state index contributed by atoms with van der Waals surface area (Å²) in [5, 5.41) is 17.0. The minimum Gasteiger partial charge on any atom is -0.278 e. The lowest BCUT2D eigenvalue weighted by atomic mass is 10.1. The lowest BCUT2D eigenvalue weighted by Crippen LogP contribution is -2.52. The summed E-state index contributed by atoms with van der Waals surface area (Å²) < 4.78 is 0. The van der Waals surface area contributed by atoms with Gasteiger partial charge in [-0.3, -0.25) is 10.4 Å². The number of hydrogen-bond acceptors (Lipinski definition) is 4. The van der Waals surface area contributed by atoms with E-state index in [1.165, 1.54) is 0 Å². The molecule has 6 heteroatoms. The van der Waals surface area contributed by atoms with Crippen molar-refractivity contribution in [2.24, 2.45) is 5.10 Å². The number of hydrogen-bond donors (Lipinski definition) is 1. The Morgan fingerprint density at radius 2 is 1.94 bits per heavy atom. The largest absolute Gasteiger partial charge is 0.278 e. The number of hydrazine groups is 1. The third kappa shape index (κ3) is 2.19. The zero-order valence-electron chi connectivity index (χ0n) is 9.51. The fourth-order valence-corrected chi connectivity index (χ4v) is 1.55. The number of rotatable bonds is 1. The highest BCUT2D eigenvalue weighted by atomic mass is 32.1.